The summed E-state index contributed by atoms with van der Waals surface area (Å²) >= 11 is 0. The fourth-order valence-corrected chi connectivity index (χ4v) is 4.98. The van der Waals surface area contributed by atoms with Crippen LogP contribution in [-0.4, -0.2) is 67.7 Å². The number of fused-ring (bicyclic) bond motifs is 1. The molecular formula is C29H27F3N4O5. The Morgan fingerprint density at radius 3 is 2.63 bits per heavy atom. The number of aromatic nitrogens is 2. The molecule has 2 heterocycles. The average Bonchev–Trinajstić information content (AvgIpc) is 3.46. The van der Waals surface area contributed by atoms with Crippen molar-refractivity contribution in [3.05, 3.63) is 60.5 Å². The molecule has 1 atom stereocenters. The van der Waals surface area contributed by atoms with E-state index >= 15 is 0 Å². The Balaban J connectivity index is 1.58. The molecule has 1 fully saturated rings. The van der Waals surface area contributed by atoms with Crippen LogP contribution in [0.4, 0.5) is 30.4 Å². The fraction of sp³-hybridized carbons (Fsp3) is 0.310. The molecule has 1 N–H and O–H groups in total. The van der Waals surface area contributed by atoms with Gasteiger partial charge in [-0.1, -0.05) is 0 Å². The molecule has 3 aromatic rings. The van der Waals surface area contributed by atoms with Crippen LogP contribution in [0.3, 0.4) is 0 Å². The van der Waals surface area contributed by atoms with Crippen molar-refractivity contribution in [3.63, 3.8) is 0 Å². The maximum absolute atomic E-state index is 13.7. The summed E-state index contributed by atoms with van der Waals surface area (Å²) < 4.78 is 57.5. The van der Waals surface area contributed by atoms with Crippen LogP contribution in [0.15, 0.2) is 54.9 Å². The van der Waals surface area contributed by atoms with Gasteiger partial charge in [-0.2, -0.15) is 13.2 Å². The van der Waals surface area contributed by atoms with Gasteiger partial charge in [0.15, 0.2) is 23.1 Å². The molecular weight excluding hydrogens is 541 g/mol. The minimum Gasteiger partial charge on any atom is -0.493 e. The van der Waals surface area contributed by atoms with E-state index in [4.69, 9.17) is 14.2 Å². The second kappa shape index (κ2) is 11.6. The third-order valence-electron chi connectivity index (χ3n) is 6.93. The van der Waals surface area contributed by atoms with E-state index < -0.39 is 23.8 Å². The molecule has 2 aliphatic rings. The third kappa shape index (κ3) is 5.87. The zero-order chi connectivity index (χ0) is 29.1. The van der Waals surface area contributed by atoms with Gasteiger partial charge in [0.1, 0.15) is 24.8 Å². The number of alkyl halides is 3. The summed E-state index contributed by atoms with van der Waals surface area (Å²) in [6.45, 7) is 0.893. The van der Waals surface area contributed by atoms with E-state index in [0.717, 1.165) is 12.2 Å². The number of hydrogen-bond donors (Lipinski definition) is 1. The number of allylic oxidation sites excluding steroid dienone is 4. The normalized spacial score (nSPS) is 17.2. The second-order valence-corrected chi connectivity index (χ2v) is 9.49. The van der Waals surface area contributed by atoms with E-state index in [1.165, 1.54) is 30.5 Å². The lowest BCUT2D eigenvalue weighted by Crippen LogP contribution is -2.41. The van der Waals surface area contributed by atoms with Gasteiger partial charge in [-0.25, -0.2) is 9.97 Å². The van der Waals surface area contributed by atoms with Gasteiger partial charge in [-0.05, 0) is 55.3 Å². The van der Waals surface area contributed by atoms with E-state index in [0.29, 0.717) is 59.2 Å². The van der Waals surface area contributed by atoms with E-state index in [1.54, 1.807) is 31.4 Å². The molecule has 9 nitrogen and oxygen atoms in total. The molecule has 5 rings (SSSR count). The van der Waals surface area contributed by atoms with Crippen molar-refractivity contribution >= 4 is 45.2 Å². The fourth-order valence-electron chi connectivity index (χ4n) is 4.98. The zero-order valence-corrected chi connectivity index (χ0v) is 22.3. The molecule has 214 valence electrons. The molecule has 0 amide bonds. The first-order valence-electron chi connectivity index (χ1n) is 12.9. The summed E-state index contributed by atoms with van der Waals surface area (Å²) in [4.78, 5) is 35.0. The summed E-state index contributed by atoms with van der Waals surface area (Å²) in [6, 6.07) is 6.42. The summed E-state index contributed by atoms with van der Waals surface area (Å²) in [6.07, 6.45) is 0.791. The van der Waals surface area contributed by atoms with Crippen LogP contribution in [-0.2, 0) is 14.3 Å². The zero-order valence-electron chi connectivity index (χ0n) is 22.3. The van der Waals surface area contributed by atoms with E-state index in [9.17, 15) is 22.8 Å². The van der Waals surface area contributed by atoms with Crippen LogP contribution in [0.1, 0.15) is 18.4 Å². The van der Waals surface area contributed by atoms with Crippen LogP contribution < -0.4 is 19.7 Å². The Labute approximate surface area is 233 Å². The number of nitrogens with one attached hydrogen (secondary N) is 1. The van der Waals surface area contributed by atoms with Crippen LogP contribution in [0.2, 0.25) is 0 Å². The number of rotatable bonds is 9. The van der Waals surface area contributed by atoms with Gasteiger partial charge < -0.3 is 24.4 Å². The standard InChI is InChI=1S/C29H27F3N4O5/c1-39-10-11-41-26-15-23-21(14-25(26)40-2)28(34-16-33-23)35-22-7-5-17(36-9-3-4-27(36)29(30,31)32)12-19(22)20-13-18(37)6-8-24(20)38/h5-8,12-16,27H,3-4,9-11H2,1-2H3,(H,33,34,35). The predicted molar refractivity (Wildman–Crippen MR) is 147 cm³/mol. The molecule has 0 saturated carbocycles. The molecule has 1 unspecified atom stereocenters. The molecule has 1 aromatic heterocycles. The number of carbonyl (C=O) groups is 2. The predicted octanol–water partition coefficient (Wildman–Crippen LogP) is 5.03. The van der Waals surface area contributed by atoms with Crippen molar-refractivity contribution in [2.24, 2.45) is 0 Å². The lowest BCUT2D eigenvalue weighted by atomic mass is 9.94. The Hall–Kier alpha value is -4.45. The number of halogens is 3. The minimum atomic E-state index is -4.41. The highest BCUT2D eigenvalue weighted by molar-refractivity contribution is 6.34. The Kier molecular flexibility index (Phi) is 7.93. The highest BCUT2D eigenvalue weighted by Gasteiger charge is 2.46. The second-order valence-electron chi connectivity index (χ2n) is 9.49. The Bertz CT molecular complexity index is 1550. The number of nitrogens with zero attached hydrogens (tertiary/aromatic N) is 3. The summed E-state index contributed by atoms with van der Waals surface area (Å²) in [5.41, 5.74) is 1.54. The number of anilines is 3. The van der Waals surface area contributed by atoms with Gasteiger partial charge in [0.05, 0.1) is 19.2 Å². The number of methoxy groups -OCH3 is 2. The van der Waals surface area contributed by atoms with Gasteiger partial charge in [0, 0.05) is 47.6 Å². The number of hydrogen-bond acceptors (Lipinski definition) is 9. The minimum absolute atomic E-state index is 0.0202. The highest BCUT2D eigenvalue weighted by atomic mass is 19.4. The lowest BCUT2D eigenvalue weighted by molar-refractivity contribution is -0.146. The Morgan fingerprint density at radius 2 is 1.88 bits per heavy atom. The van der Waals surface area contributed by atoms with Crippen molar-refractivity contribution in [3.8, 4) is 11.5 Å². The number of ketones is 2. The molecule has 2 aromatic carbocycles. The molecule has 41 heavy (non-hydrogen) atoms. The van der Waals surface area contributed by atoms with E-state index in [-0.39, 0.29) is 24.1 Å². The van der Waals surface area contributed by atoms with Gasteiger partial charge >= 0.3 is 6.18 Å². The monoisotopic (exact) mass is 568 g/mol. The van der Waals surface area contributed by atoms with Crippen molar-refractivity contribution in [1.29, 1.82) is 0 Å². The maximum atomic E-state index is 13.7. The number of ether oxygens (including phenoxy) is 3. The van der Waals surface area contributed by atoms with E-state index in [2.05, 4.69) is 15.3 Å². The molecule has 0 radical (unpaired) electrons. The van der Waals surface area contributed by atoms with Gasteiger partial charge in [-0.15, -0.1) is 0 Å². The van der Waals surface area contributed by atoms with Crippen molar-refractivity contribution < 1.29 is 37.0 Å². The smallest absolute Gasteiger partial charge is 0.408 e. The largest absolute Gasteiger partial charge is 0.493 e. The van der Waals surface area contributed by atoms with Crippen molar-refractivity contribution in [2.45, 2.75) is 25.1 Å². The summed E-state index contributed by atoms with van der Waals surface area (Å²) in [5, 5.41) is 3.76. The molecule has 0 bridgehead atoms. The van der Waals surface area contributed by atoms with Crippen molar-refractivity contribution in [1.82, 2.24) is 9.97 Å². The average molecular weight is 569 g/mol. The molecule has 0 spiro atoms. The summed E-state index contributed by atoms with van der Waals surface area (Å²) in [5.74, 6) is 0.398. The van der Waals surface area contributed by atoms with Crippen molar-refractivity contribution in [2.75, 3.05) is 44.2 Å². The number of carbonyl (C=O) groups excluding carboxylic acids is 2. The van der Waals surface area contributed by atoms with Gasteiger partial charge in [-0.3, -0.25) is 9.59 Å². The first-order valence-corrected chi connectivity index (χ1v) is 12.9. The third-order valence-corrected chi connectivity index (χ3v) is 6.93. The van der Waals surface area contributed by atoms with Crippen LogP contribution >= 0.6 is 0 Å². The topological polar surface area (TPSA) is 103 Å². The maximum Gasteiger partial charge on any atom is 0.408 e. The molecule has 1 aliphatic carbocycles. The van der Waals surface area contributed by atoms with Crippen LogP contribution in [0.5, 0.6) is 11.5 Å². The molecule has 1 saturated heterocycles. The van der Waals surface area contributed by atoms with Crippen LogP contribution in [0, 0.1) is 0 Å². The SMILES string of the molecule is COCCOc1cc2ncnc(Nc3ccc(N4CCCC4C(F)(F)F)cc3C3=CC(=O)C=CC3=O)c2cc1OC. The van der Waals surface area contributed by atoms with Gasteiger partial charge in [0.2, 0.25) is 0 Å². The lowest BCUT2D eigenvalue weighted by Gasteiger charge is -2.29. The van der Waals surface area contributed by atoms with E-state index in [1.807, 2.05) is 0 Å². The number of benzene rings is 2. The first kappa shape index (κ1) is 28.1. The first-order chi connectivity index (χ1) is 19.7. The molecule has 12 heteroatoms. The molecule has 1 aliphatic heterocycles. The summed E-state index contributed by atoms with van der Waals surface area (Å²) in [7, 11) is 3.06. The Morgan fingerprint density at radius 1 is 1.05 bits per heavy atom. The highest BCUT2D eigenvalue weighted by Crippen LogP contribution is 2.40. The quantitative estimate of drug-likeness (QED) is 0.281. The van der Waals surface area contributed by atoms with Crippen LogP contribution in [0.25, 0.3) is 16.5 Å². The van der Waals surface area contributed by atoms with Gasteiger partial charge in [0.25, 0.3) is 0 Å².